The number of ketones is 1. The number of piperazine rings is 1. The van der Waals surface area contributed by atoms with Gasteiger partial charge in [-0.1, -0.05) is 18.2 Å². The molecule has 0 saturated carbocycles. The highest BCUT2D eigenvalue weighted by molar-refractivity contribution is 9.11. The molecule has 1 amide bonds. The Morgan fingerprint density at radius 1 is 0.969 bits per heavy atom. The number of pyridine rings is 1. The Balaban J connectivity index is 1.34. The van der Waals surface area contributed by atoms with Gasteiger partial charge in [0.05, 0.1) is 5.69 Å². The molecule has 2 aromatic carbocycles. The lowest BCUT2D eigenvalue weighted by Crippen LogP contribution is -2.50. The van der Waals surface area contributed by atoms with Gasteiger partial charge in [0, 0.05) is 64.4 Å². The minimum Gasteiger partial charge on any atom is -0.397 e. The van der Waals surface area contributed by atoms with E-state index in [1.807, 2.05) is 35.2 Å². The topological polar surface area (TPSA) is 99.5 Å². The molecular formula is C23H22Br2N4O3. The molecule has 0 spiro atoms. The number of halogens is 2. The summed E-state index contributed by atoms with van der Waals surface area (Å²) >= 11 is 6.68. The number of Topliss-reactive ketones (excluding diaryl/α,β-unsaturated/α-hetero) is 1. The number of para-hydroxylation sites is 1. The average molecular weight is 562 g/mol. The van der Waals surface area contributed by atoms with E-state index in [-0.39, 0.29) is 30.1 Å². The fourth-order valence-electron chi connectivity index (χ4n) is 3.84. The lowest BCUT2D eigenvalue weighted by Gasteiger charge is -2.35. The van der Waals surface area contributed by atoms with Crippen molar-refractivity contribution in [2.45, 2.75) is 12.8 Å². The maximum Gasteiger partial charge on any atom is 0.271 e. The lowest BCUT2D eigenvalue weighted by molar-refractivity contribution is -0.131. The van der Waals surface area contributed by atoms with Crippen LogP contribution in [0.1, 0.15) is 23.2 Å². The summed E-state index contributed by atoms with van der Waals surface area (Å²) in [6.07, 6.45) is 0.279. The molecular weight excluding hydrogens is 540 g/mol. The van der Waals surface area contributed by atoms with Crippen molar-refractivity contribution in [1.29, 1.82) is 0 Å². The second-order valence-corrected chi connectivity index (χ2v) is 9.42. The van der Waals surface area contributed by atoms with Crippen molar-refractivity contribution in [2.24, 2.45) is 0 Å². The van der Waals surface area contributed by atoms with Crippen LogP contribution in [0.2, 0.25) is 0 Å². The Hall–Kier alpha value is -2.65. The van der Waals surface area contributed by atoms with Crippen LogP contribution in [0.4, 0.5) is 11.4 Å². The minimum atomic E-state index is -0.130. The first-order valence-electron chi connectivity index (χ1n) is 10.3. The van der Waals surface area contributed by atoms with Crippen LogP contribution in [0.15, 0.2) is 56.2 Å². The third-order valence-electron chi connectivity index (χ3n) is 5.67. The number of nitrogens with one attached hydrogen (secondary N) is 1. The third-order valence-corrected chi connectivity index (χ3v) is 6.99. The van der Waals surface area contributed by atoms with Gasteiger partial charge in [-0.25, -0.2) is 0 Å². The van der Waals surface area contributed by atoms with Crippen LogP contribution in [-0.4, -0.2) is 47.8 Å². The molecule has 32 heavy (non-hydrogen) atoms. The highest BCUT2D eigenvalue weighted by Crippen LogP contribution is 2.30. The maximum absolute atomic E-state index is 12.7. The number of benzene rings is 2. The Kier molecular flexibility index (Phi) is 6.66. The number of anilines is 2. The summed E-state index contributed by atoms with van der Waals surface area (Å²) in [5, 5.41) is 0.972. The molecule has 4 rings (SSSR count). The number of rotatable bonds is 5. The third kappa shape index (κ3) is 4.73. The van der Waals surface area contributed by atoms with E-state index in [0.29, 0.717) is 52.1 Å². The van der Waals surface area contributed by atoms with Crippen molar-refractivity contribution in [3.63, 3.8) is 0 Å². The normalized spacial score (nSPS) is 14.1. The molecule has 2 heterocycles. The number of H-pyrrole nitrogens is 1. The minimum absolute atomic E-state index is 0.0565. The summed E-state index contributed by atoms with van der Waals surface area (Å²) in [4.78, 5) is 44.4. The summed E-state index contributed by atoms with van der Waals surface area (Å²) in [5.74, 6) is -0.167. The number of nitrogens with two attached hydrogens (primary N) is 1. The van der Waals surface area contributed by atoms with Crippen molar-refractivity contribution in [1.82, 2.24) is 9.88 Å². The van der Waals surface area contributed by atoms with E-state index < -0.39 is 0 Å². The average Bonchev–Trinajstić information content (AvgIpc) is 2.80. The van der Waals surface area contributed by atoms with Gasteiger partial charge in [-0.2, -0.15) is 0 Å². The van der Waals surface area contributed by atoms with E-state index in [4.69, 9.17) is 5.73 Å². The number of carbonyl (C=O) groups excluding carboxylic acids is 2. The summed E-state index contributed by atoms with van der Waals surface area (Å²) in [5.41, 5.74) is 8.20. The van der Waals surface area contributed by atoms with E-state index in [2.05, 4.69) is 36.8 Å². The number of aromatic nitrogens is 1. The Bertz CT molecular complexity index is 1230. The van der Waals surface area contributed by atoms with Gasteiger partial charge >= 0.3 is 0 Å². The zero-order chi connectivity index (χ0) is 22.8. The van der Waals surface area contributed by atoms with E-state index in [9.17, 15) is 14.4 Å². The van der Waals surface area contributed by atoms with Crippen molar-refractivity contribution in [3.8, 4) is 0 Å². The Morgan fingerprint density at radius 3 is 2.31 bits per heavy atom. The molecule has 7 nitrogen and oxygen atoms in total. The van der Waals surface area contributed by atoms with Crippen LogP contribution in [-0.2, 0) is 4.79 Å². The Morgan fingerprint density at radius 2 is 1.62 bits per heavy atom. The number of nitrogens with zero attached hydrogens (tertiary/aromatic N) is 2. The molecule has 1 aliphatic rings. The van der Waals surface area contributed by atoms with Gasteiger partial charge in [0.2, 0.25) is 5.91 Å². The predicted molar refractivity (Wildman–Crippen MR) is 133 cm³/mol. The SMILES string of the molecule is Nc1c(Br)cc(C(=O)CCC(=O)N2CCN(c3cc4ccccc4[nH]c3=O)CC2)cc1Br. The first-order valence-corrected chi connectivity index (χ1v) is 11.8. The van der Waals surface area contributed by atoms with E-state index >= 15 is 0 Å². The molecule has 1 aliphatic heterocycles. The largest absolute Gasteiger partial charge is 0.397 e. The van der Waals surface area contributed by atoms with Crippen molar-refractivity contribution in [3.05, 3.63) is 67.3 Å². The van der Waals surface area contributed by atoms with Crippen LogP contribution >= 0.6 is 31.9 Å². The lowest BCUT2D eigenvalue weighted by atomic mass is 10.1. The first-order chi connectivity index (χ1) is 15.3. The van der Waals surface area contributed by atoms with Gasteiger partial charge in [-0.05, 0) is 56.1 Å². The zero-order valence-corrected chi connectivity index (χ0v) is 20.4. The standard InChI is InChI=1S/C23H22Br2N4O3/c24-16-11-15(12-17(25)22(16)26)20(30)5-6-21(31)29-9-7-28(8-10-29)19-13-14-3-1-2-4-18(14)27-23(19)32/h1-4,11-13H,5-10,26H2,(H,27,32). The predicted octanol–water partition coefficient (Wildman–Crippen LogP) is 3.95. The highest BCUT2D eigenvalue weighted by atomic mass is 79.9. The molecule has 0 aliphatic carbocycles. The summed E-state index contributed by atoms with van der Waals surface area (Å²) in [6.45, 7) is 2.16. The van der Waals surface area contributed by atoms with Gasteiger partial charge in [0.15, 0.2) is 5.78 Å². The molecule has 9 heteroatoms. The van der Waals surface area contributed by atoms with E-state index in [1.54, 1.807) is 17.0 Å². The number of fused-ring (bicyclic) bond motifs is 1. The van der Waals surface area contributed by atoms with Gasteiger partial charge in [-0.15, -0.1) is 0 Å². The van der Waals surface area contributed by atoms with Gasteiger partial charge in [0.1, 0.15) is 5.69 Å². The second kappa shape index (κ2) is 9.46. The molecule has 0 radical (unpaired) electrons. The summed E-state index contributed by atoms with van der Waals surface area (Å²) in [7, 11) is 0. The zero-order valence-electron chi connectivity index (χ0n) is 17.2. The number of carbonyl (C=O) groups is 2. The fourth-order valence-corrected chi connectivity index (χ4v) is 5.02. The van der Waals surface area contributed by atoms with Crippen LogP contribution in [0.25, 0.3) is 10.9 Å². The molecule has 166 valence electrons. The van der Waals surface area contributed by atoms with Gasteiger partial charge < -0.3 is 20.5 Å². The molecule has 3 N–H and O–H groups in total. The quantitative estimate of drug-likeness (QED) is 0.363. The highest BCUT2D eigenvalue weighted by Gasteiger charge is 2.23. The molecule has 1 fully saturated rings. The molecule has 0 unspecified atom stereocenters. The van der Waals surface area contributed by atoms with Crippen molar-refractivity contribution in [2.75, 3.05) is 36.8 Å². The van der Waals surface area contributed by atoms with Crippen LogP contribution in [0, 0.1) is 0 Å². The van der Waals surface area contributed by atoms with Crippen molar-refractivity contribution < 1.29 is 9.59 Å². The van der Waals surface area contributed by atoms with Crippen LogP contribution in [0.5, 0.6) is 0 Å². The monoisotopic (exact) mass is 560 g/mol. The number of hydrogen-bond donors (Lipinski definition) is 2. The van der Waals surface area contributed by atoms with Gasteiger partial charge in [-0.3, -0.25) is 14.4 Å². The molecule has 1 aromatic heterocycles. The molecule has 1 saturated heterocycles. The second-order valence-electron chi connectivity index (χ2n) is 7.72. The summed E-state index contributed by atoms with van der Waals surface area (Å²) < 4.78 is 1.28. The maximum atomic E-state index is 12.7. The Labute approximate surface area is 201 Å². The van der Waals surface area contributed by atoms with E-state index in [0.717, 1.165) is 10.9 Å². The smallest absolute Gasteiger partial charge is 0.271 e. The van der Waals surface area contributed by atoms with Crippen LogP contribution in [0.3, 0.4) is 0 Å². The number of nitrogen functional groups attached to an aromatic ring is 1. The molecule has 0 bridgehead atoms. The fraction of sp³-hybridized carbons (Fsp3) is 0.261. The molecule has 3 aromatic rings. The molecule has 0 atom stereocenters. The first kappa shape index (κ1) is 22.5. The summed E-state index contributed by atoms with van der Waals surface area (Å²) in [6, 6.07) is 12.9. The van der Waals surface area contributed by atoms with E-state index in [1.165, 1.54) is 0 Å². The van der Waals surface area contributed by atoms with Crippen LogP contribution < -0.4 is 16.2 Å². The van der Waals surface area contributed by atoms with Crippen molar-refractivity contribution >= 4 is 65.8 Å². The number of hydrogen-bond acceptors (Lipinski definition) is 5. The number of aromatic amines is 1. The number of amides is 1. The van der Waals surface area contributed by atoms with Gasteiger partial charge in [0.25, 0.3) is 5.56 Å².